The minimum absolute atomic E-state index is 0.00790. The number of hydrogen-bond acceptors (Lipinski definition) is 6. The monoisotopic (exact) mass is 406 g/mol. The average molecular weight is 406 g/mol. The average Bonchev–Trinajstić information content (AvgIpc) is 3.53. The molecule has 5 rings (SSSR count). The smallest absolute Gasteiger partial charge is 0.272 e. The van der Waals surface area contributed by atoms with E-state index in [2.05, 4.69) is 30.9 Å². The second-order valence-electron chi connectivity index (χ2n) is 7.26. The summed E-state index contributed by atoms with van der Waals surface area (Å²) in [6.45, 7) is 0.228. The Morgan fingerprint density at radius 2 is 2.10 bits per heavy atom. The molecule has 3 aromatic rings. The second kappa shape index (κ2) is 7.14. The number of fused-ring (bicyclic) bond motifs is 2. The van der Waals surface area contributed by atoms with E-state index in [0.717, 1.165) is 18.4 Å². The highest BCUT2D eigenvalue weighted by Gasteiger charge is 2.30. The van der Waals surface area contributed by atoms with Crippen LogP contribution < -0.4 is 20.7 Å². The first-order valence-corrected chi connectivity index (χ1v) is 9.55. The highest BCUT2D eigenvalue weighted by molar-refractivity contribution is 6.08. The minimum Gasteiger partial charge on any atom is -0.482 e. The topological polar surface area (TPSA) is 138 Å². The molecule has 2 aliphatic rings. The zero-order valence-electron chi connectivity index (χ0n) is 15.8. The van der Waals surface area contributed by atoms with Crippen LogP contribution in [0.3, 0.4) is 0 Å². The lowest BCUT2D eigenvalue weighted by atomic mass is 10.1. The van der Waals surface area contributed by atoms with Crippen molar-refractivity contribution in [3.63, 3.8) is 0 Å². The summed E-state index contributed by atoms with van der Waals surface area (Å²) in [5.74, 6) is 0.00964. The van der Waals surface area contributed by atoms with Gasteiger partial charge < -0.3 is 25.7 Å². The molecule has 0 bridgehead atoms. The van der Waals surface area contributed by atoms with Crippen molar-refractivity contribution in [2.24, 2.45) is 5.92 Å². The van der Waals surface area contributed by atoms with Crippen LogP contribution in [0.1, 0.15) is 28.9 Å². The van der Waals surface area contributed by atoms with Crippen LogP contribution in [0.2, 0.25) is 0 Å². The van der Waals surface area contributed by atoms with Gasteiger partial charge in [-0.15, -0.1) is 0 Å². The Bertz CT molecular complexity index is 1180. The molecule has 0 unspecified atom stereocenters. The quantitative estimate of drug-likeness (QED) is 0.507. The molecular formula is C20H18N6O4. The SMILES string of the molecule is O=C1COc2ccc(CNC(=O)c3ncnc4c(NC(=O)C5CC5)c[nH]c34)cc2N1. The Morgan fingerprint density at radius 3 is 2.93 bits per heavy atom. The number of nitrogens with one attached hydrogen (secondary N) is 4. The molecule has 10 nitrogen and oxygen atoms in total. The van der Waals surface area contributed by atoms with Gasteiger partial charge in [0.2, 0.25) is 5.91 Å². The van der Waals surface area contributed by atoms with E-state index in [4.69, 9.17) is 4.74 Å². The van der Waals surface area contributed by atoms with Crippen LogP contribution in [0, 0.1) is 5.92 Å². The van der Waals surface area contributed by atoms with Gasteiger partial charge in [0.1, 0.15) is 17.6 Å². The maximum atomic E-state index is 12.7. The Balaban J connectivity index is 1.31. The molecular weight excluding hydrogens is 388 g/mol. The number of anilines is 2. The Hall–Kier alpha value is -3.95. The summed E-state index contributed by atoms with van der Waals surface area (Å²) in [4.78, 5) is 47.5. The molecule has 3 heterocycles. The molecule has 1 aliphatic heterocycles. The molecule has 1 saturated carbocycles. The first kappa shape index (κ1) is 18.1. The molecule has 0 spiro atoms. The van der Waals surface area contributed by atoms with Crippen molar-refractivity contribution in [2.75, 3.05) is 17.2 Å². The van der Waals surface area contributed by atoms with Gasteiger partial charge in [0.05, 0.1) is 16.9 Å². The number of amides is 3. The highest BCUT2D eigenvalue weighted by atomic mass is 16.5. The summed E-state index contributed by atoms with van der Waals surface area (Å²) in [5, 5.41) is 8.40. The third kappa shape index (κ3) is 3.43. The zero-order chi connectivity index (χ0) is 20.7. The molecule has 1 fully saturated rings. The summed E-state index contributed by atoms with van der Waals surface area (Å²) in [6.07, 6.45) is 4.71. The molecule has 3 amide bonds. The van der Waals surface area contributed by atoms with E-state index in [0.29, 0.717) is 28.2 Å². The predicted molar refractivity (Wildman–Crippen MR) is 107 cm³/mol. The van der Waals surface area contributed by atoms with Gasteiger partial charge in [-0.3, -0.25) is 14.4 Å². The fraction of sp³-hybridized carbons (Fsp3) is 0.250. The molecule has 0 atom stereocenters. The first-order chi connectivity index (χ1) is 14.6. The Labute approximate surface area is 170 Å². The largest absolute Gasteiger partial charge is 0.482 e. The number of rotatable bonds is 5. The van der Waals surface area contributed by atoms with Crippen molar-refractivity contribution in [3.05, 3.63) is 42.0 Å². The predicted octanol–water partition coefficient (Wildman–Crippen LogP) is 1.57. The van der Waals surface area contributed by atoms with Crippen LogP contribution in [-0.4, -0.2) is 39.3 Å². The van der Waals surface area contributed by atoms with E-state index in [-0.39, 0.29) is 42.5 Å². The van der Waals surface area contributed by atoms with Gasteiger partial charge >= 0.3 is 0 Å². The molecule has 4 N–H and O–H groups in total. The normalized spacial score (nSPS) is 15.1. The van der Waals surface area contributed by atoms with Crippen LogP contribution in [0.15, 0.2) is 30.7 Å². The fourth-order valence-corrected chi connectivity index (χ4v) is 3.29. The molecule has 1 aromatic carbocycles. The molecule has 30 heavy (non-hydrogen) atoms. The fourth-order valence-electron chi connectivity index (χ4n) is 3.29. The van der Waals surface area contributed by atoms with E-state index >= 15 is 0 Å². The van der Waals surface area contributed by atoms with Crippen LogP contribution in [0.25, 0.3) is 11.0 Å². The van der Waals surface area contributed by atoms with Gasteiger partial charge in [-0.25, -0.2) is 9.97 Å². The van der Waals surface area contributed by atoms with E-state index in [1.165, 1.54) is 6.33 Å². The molecule has 0 radical (unpaired) electrons. The van der Waals surface area contributed by atoms with Crippen molar-refractivity contribution in [2.45, 2.75) is 19.4 Å². The minimum atomic E-state index is -0.387. The van der Waals surface area contributed by atoms with Crippen molar-refractivity contribution in [3.8, 4) is 5.75 Å². The summed E-state index contributed by atoms with van der Waals surface area (Å²) >= 11 is 0. The number of hydrogen-bond donors (Lipinski definition) is 4. The number of nitrogens with zero attached hydrogens (tertiary/aromatic N) is 2. The van der Waals surface area contributed by atoms with Crippen LogP contribution in [-0.2, 0) is 16.1 Å². The number of aromatic nitrogens is 3. The van der Waals surface area contributed by atoms with Gasteiger partial charge in [-0.1, -0.05) is 6.07 Å². The van der Waals surface area contributed by atoms with E-state index in [1.807, 2.05) is 6.07 Å². The summed E-state index contributed by atoms with van der Waals surface area (Å²) in [5.41, 5.74) is 3.01. The van der Waals surface area contributed by atoms with E-state index in [1.54, 1.807) is 18.3 Å². The van der Waals surface area contributed by atoms with Crippen molar-refractivity contribution in [1.82, 2.24) is 20.3 Å². The van der Waals surface area contributed by atoms with Crippen molar-refractivity contribution in [1.29, 1.82) is 0 Å². The first-order valence-electron chi connectivity index (χ1n) is 9.55. The summed E-state index contributed by atoms with van der Waals surface area (Å²) in [7, 11) is 0. The third-order valence-electron chi connectivity index (χ3n) is 5.01. The van der Waals surface area contributed by atoms with E-state index < -0.39 is 0 Å². The Kier molecular flexibility index (Phi) is 4.31. The zero-order valence-corrected chi connectivity index (χ0v) is 15.8. The summed E-state index contributed by atoms with van der Waals surface area (Å²) < 4.78 is 5.33. The van der Waals surface area contributed by atoms with Gasteiger partial charge in [0, 0.05) is 18.7 Å². The number of ether oxygens (including phenoxy) is 1. The highest BCUT2D eigenvalue weighted by Crippen LogP contribution is 2.32. The van der Waals surface area contributed by atoms with Crippen LogP contribution in [0.4, 0.5) is 11.4 Å². The molecule has 152 valence electrons. The number of benzene rings is 1. The maximum Gasteiger partial charge on any atom is 0.272 e. The molecule has 10 heteroatoms. The Morgan fingerprint density at radius 1 is 1.23 bits per heavy atom. The molecule has 1 aliphatic carbocycles. The number of carbonyl (C=O) groups excluding carboxylic acids is 3. The lowest BCUT2D eigenvalue weighted by Crippen LogP contribution is -2.26. The standard InChI is InChI=1S/C20H18N6O4/c27-15-8-30-14-4-1-10(5-12(14)25-15)6-22-20(29)18-17-16(23-9-24-18)13(7-21-17)26-19(28)11-2-3-11/h1,4-5,7,9,11,21H,2-3,6,8H2,(H,22,29)(H,25,27)(H,26,28). The van der Waals surface area contributed by atoms with E-state index in [9.17, 15) is 14.4 Å². The lowest BCUT2D eigenvalue weighted by Gasteiger charge is -2.18. The second-order valence-corrected chi connectivity index (χ2v) is 7.26. The van der Waals surface area contributed by atoms with Gasteiger partial charge in [-0.05, 0) is 30.5 Å². The van der Waals surface area contributed by atoms with Gasteiger partial charge in [0.25, 0.3) is 11.8 Å². The number of aromatic amines is 1. The van der Waals surface area contributed by atoms with Crippen molar-refractivity contribution >= 4 is 40.1 Å². The molecule has 2 aromatic heterocycles. The van der Waals surface area contributed by atoms with Crippen LogP contribution >= 0.6 is 0 Å². The van der Waals surface area contributed by atoms with Crippen LogP contribution in [0.5, 0.6) is 5.75 Å². The molecule has 0 saturated heterocycles. The van der Waals surface area contributed by atoms with Crippen molar-refractivity contribution < 1.29 is 19.1 Å². The summed E-state index contributed by atoms with van der Waals surface area (Å²) in [6, 6.07) is 5.31. The number of carbonyl (C=O) groups is 3. The number of H-pyrrole nitrogens is 1. The lowest BCUT2D eigenvalue weighted by molar-refractivity contribution is -0.119. The van der Waals surface area contributed by atoms with Gasteiger partial charge in [-0.2, -0.15) is 0 Å². The van der Waals surface area contributed by atoms with Gasteiger partial charge in [0.15, 0.2) is 12.3 Å². The third-order valence-corrected chi connectivity index (χ3v) is 5.01. The maximum absolute atomic E-state index is 12.7.